The molecular weight excluding hydrogens is 361 g/mol. The van der Waals surface area contributed by atoms with Gasteiger partial charge in [-0.3, -0.25) is 4.79 Å². The van der Waals surface area contributed by atoms with E-state index in [1.807, 2.05) is 12.1 Å². The molecule has 1 N–H and O–H groups in total. The van der Waals surface area contributed by atoms with Crippen molar-refractivity contribution in [3.63, 3.8) is 0 Å². The molecule has 0 spiro atoms. The summed E-state index contributed by atoms with van der Waals surface area (Å²) in [5, 5.41) is 4.07. The molecule has 1 saturated heterocycles. The number of pyridine rings is 1. The molecule has 0 atom stereocenters. The van der Waals surface area contributed by atoms with Gasteiger partial charge in [-0.05, 0) is 36.2 Å². The van der Waals surface area contributed by atoms with E-state index in [1.54, 1.807) is 24.4 Å². The third-order valence-electron chi connectivity index (χ3n) is 4.05. The molecule has 1 fully saturated rings. The highest BCUT2D eigenvalue weighted by atomic mass is 35.5. The van der Waals surface area contributed by atoms with Crippen molar-refractivity contribution in [3.05, 3.63) is 57.8 Å². The Hall–Kier alpha value is -1.82. The van der Waals surface area contributed by atoms with Crippen LogP contribution in [0.15, 0.2) is 36.5 Å². The molecule has 1 amide bonds. The van der Waals surface area contributed by atoms with Crippen molar-refractivity contribution < 1.29 is 9.53 Å². The number of benzene rings is 1. The zero-order chi connectivity index (χ0) is 17.6. The summed E-state index contributed by atoms with van der Waals surface area (Å²) in [5.74, 6) is -0.196. The zero-order valence-corrected chi connectivity index (χ0v) is 15.2. The van der Waals surface area contributed by atoms with E-state index < -0.39 is 0 Å². The van der Waals surface area contributed by atoms with Gasteiger partial charge < -0.3 is 15.0 Å². The van der Waals surface area contributed by atoms with Gasteiger partial charge in [-0.1, -0.05) is 29.3 Å². The predicted octanol–water partition coefficient (Wildman–Crippen LogP) is 3.20. The number of carbonyl (C=O) groups is 1. The van der Waals surface area contributed by atoms with E-state index in [0.29, 0.717) is 28.7 Å². The molecule has 132 valence electrons. The molecule has 25 heavy (non-hydrogen) atoms. The van der Waals surface area contributed by atoms with Crippen molar-refractivity contribution in [2.45, 2.75) is 6.42 Å². The minimum absolute atomic E-state index is 0.196. The molecule has 0 radical (unpaired) electrons. The lowest BCUT2D eigenvalue weighted by molar-refractivity contribution is 0.0949. The Labute approximate surface area is 156 Å². The number of morpholine rings is 1. The first-order valence-corrected chi connectivity index (χ1v) is 8.90. The molecule has 0 bridgehead atoms. The van der Waals surface area contributed by atoms with E-state index in [0.717, 1.165) is 37.6 Å². The summed E-state index contributed by atoms with van der Waals surface area (Å²) in [6, 6.07) is 9.02. The number of hydrogen-bond donors (Lipinski definition) is 1. The number of amides is 1. The van der Waals surface area contributed by atoms with Crippen LogP contribution in [0.4, 0.5) is 5.69 Å². The van der Waals surface area contributed by atoms with Crippen LogP contribution in [0.5, 0.6) is 0 Å². The van der Waals surface area contributed by atoms with Gasteiger partial charge in [0.1, 0.15) is 5.69 Å². The van der Waals surface area contributed by atoms with Crippen molar-refractivity contribution in [2.75, 3.05) is 37.7 Å². The summed E-state index contributed by atoms with van der Waals surface area (Å²) in [7, 11) is 0. The lowest BCUT2D eigenvalue weighted by atomic mass is 10.1. The van der Waals surface area contributed by atoms with Gasteiger partial charge in [0.25, 0.3) is 5.91 Å². The zero-order valence-electron chi connectivity index (χ0n) is 13.7. The van der Waals surface area contributed by atoms with Crippen LogP contribution in [0.3, 0.4) is 0 Å². The monoisotopic (exact) mass is 379 g/mol. The number of rotatable bonds is 5. The number of nitrogens with zero attached hydrogens (tertiary/aromatic N) is 2. The molecule has 0 unspecified atom stereocenters. The number of hydrogen-bond acceptors (Lipinski definition) is 4. The average molecular weight is 380 g/mol. The Morgan fingerprint density at radius 3 is 2.68 bits per heavy atom. The first-order valence-electron chi connectivity index (χ1n) is 8.14. The number of anilines is 1. The van der Waals surface area contributed by atoms with Gasteiger partial charge in [0.15, 0.2) is 0 Å². The molecule has 2 aromatic rings. The number of halogens is 2. The molecule has 1 aromatic carbocycles. The molecular formula is C18H19Cl2N3O2. The van der Waals surface area contributed by atoms with Gasteiger partial charge in [0, 0.05) is 29.7 Å². The lowest BCUT2D eigenvalue weighted by Gasteiger charge is -2.28. The maximum atomic E-state index is 12.2. The van der Waals surface area contributed by atoms with E-state index in [-0.39, 0.29) is 5.91 Å². The van der Waals surface area contributed by atoms with Crippen molar-refractivity contribution in [2.24, 2.45) is 0 Å². The van der Waals surface area contributed by atoms with Gasteiger partial charge >= 0.3 is 0 Å². The van der Waals surface area contributed by atoms with Crippen molar-refractivity contribution in [1.82, 2.24) is 10.3 Å². The summed E-state index contributed by atoms with van der Waals surface area (Å²) in [5.41, 5.74) is 2.36. The fraction of sp³-hybridized carbons (Fsp3) is 0.333. The van der Waals surface area contributed by atoms with Crippen molar-refractivity contribution in [3.8, 4) is 0 Å². The minimum Gasteiger partial charge on any atom is -0.378 e. The molecule has 2 heterocycles. The van der Waals surface area contributed by atoms with Crippen LogP contribution in [-0.4, -0.2) is 43.7 Å². The standard InChI is InChI=1S/C18H19Cl2N3O2/c19-14-2-1-13(16(20)11-14)5-6-21-18(24)17-4-3-15(12-22-17)23-7-9-25-10-8-23/h1-4,11-12H,5-10H2,(H,21,24). The van der Waals surface area contributed by atoms with E-state index in [9.17, 15) is 4.79 Å². The predicted molar refractivity (Wildman–Crippen MR) is 99.8 cm³/mol. The third kappa shape index (κ3) is 4.84. The van der Waals surface area contributed by atoms with Crippen LogP contribution in [0.1, 0.15) is 16.1 Å². The minimum atomic E-state index is -0.196. The van der Waals surface area contributed by atoms with Crippen LogP contribution in [0.25, 0.3) is 0 Å². The van der Waals surface area contributed by atoms with Gasteiger partial charge in [0.05, 0.1) is 25.1 Å². The van der Waals surface area contributed by atoms with E-state index in [4.69, 9.17) is 27.9 Å². The van der Waals surface area contributed by atoms with Crippen molar-refractivity contribution >= 4 is 34.8 Å². The highest BCUT2D eigenvalue weighted by molar-refractivity contribution is 6.35. The summed E-state index contributed by atoms with van der Waals surface area (Å²) in [6.07, 6.45) is 2.36. The van der Waals surface area contributed by atoms with Crippen LogP contribution in [0, 0.1) is 0 Å². The molecule has 1 aliphatic rings. The Morgan fingerprint density at radius 1 is 1.20 bits per heavy atom. The molecule has 0 saturated carbocycles. The maximum absolute atomic E-state index is 12.2. The fourth-order valence-electron chi connectivity index (χ4n) is 2.65. The first kappa shape index (κ1) is 18.0. The lowest BCUT2D eigenvalue weighted by Crippen LogP contribution is -2.36. The van der Waals surface area contributed by atoms with Crippen molar-refractivity contribution in [1.29, 1.82) is 0 Å². The molecule has 7 heteroatoms. The Bertz CT molecular complexity index is 732. The molecule has 5 nitrogen and oxygen atoms in total. The quantitative estimate of drug-likeness (QED) is 0.866. The molecule has 3 rings (SSSR count). The Balaban J connectivity index is 1.52. The highest BCUT2D eigenvalue weighted by Crippen LogP contribution is 2.21. The summed E-state index contributed by atoms with van der Waals surface area (Å²) in [6.45, 7) is 3.60. The second-order valence-electron chi connectivity index (χ2n) is 5.74. The summed E-state index contributed by atoms with van der Waals surface area (Å²) in [4.78, 5) is 18.7. The summed E-state index contributed by atoms with van der Waals surface area (Å²) < 4.78 is 5.34. The van der Waals surface area contributed by atoms with E-state index in [1.165, 1.54) is 0 Å². The normalized spacial score (nSPS) is 14.4. The smallest absolute Gasteiger partial charge is 0.269 e. The number of ether oxygens (including phenoxy) is 1. The maximum Gasteiger partial charge on any atom is 0.269 e. The topological polar surface area (TPSA) is 54.5 Å². The highest BCUT2D eigenvalue weighted by Gasteiger charge is 2.13. The SMILES string of the molecule is O=C(NCCc1ccc(Cl)cc1Cl)c1ccc(N2CCOCC2)cn1. The average Bonchev–Trinajstić information content (AvgIpc) is 2.64. The Kier molecular flexibility index (Phi) is 6.13. The van der Waals surface area contributed by atoms with Crippen LogP contribution in [-0.2, 0) is 11.2 Å². The third-order valence-corrected chi connectivity index (χ3v) is 4.64. The van der Waals surface area contributed by atoms with Gasteiger partial charge in [-0.2, -0.15) is 0 Å². The molecule has 1 aliphatic heterocycles. The van der Waals surface area contributed by atoms with Gasteiger partial charge in [-0.15, -0.1) is 0 Å². The van der Waals surface area contributed by atoms with Crippen LogP contribution in [0.2, 0.25) is 10.0 Å². The van der Waals surface area contributed by atoms with Gasteiger partial charge in [-0.25, -0.2) is 4.98 Å². The van der Waals surface area contributed by atoms with E-state index >= 15 is 0 Å². The number of aromatic nitrogens is 1. The van der Waals surface area contributed by atoms with Crippen LogP contribution >= 0.6 is 23.2 Å². The van der Waals surface area contributed by atoms with Crippen LogP contribution < -0.4 is 10.2 Å². The first-order chi connectivity index (χ1) is 12.1. The van der Waals surface area contributed by atoms with Gasteiger partial charge in [0.2, 0.25) is 0 Å². The number of carbonyl (C=O) groups excluding carboxylic acids is 1. The largest absolute Gasteiger partial charge is 0.378 e. The fourth-order valence-corrected chi connectivity index (χ4v) is 3.16. The van der Waals surface area contributed by atoms with E-state index in [2.05, 4.69) is 15.2 Å². The second-order valence-corrected chi connectivity index (χ2v) is 6.59. The number of nitrogens with one attached hydrogen (secondary N) is 1. The summed E-state index contributed by atoms with van der Waals surface area (Å²) >= 11 is 12.0. The molecule has 0 aliphatic carbocycles. The molecule has 1 aromatic heterocycles. The second kappa shape index (κ2) is 8.52. The Morgan fingerprint density at radius 2 is 2.00 bits per heavy atom.